The number of carboxylic acids is 1. The van der Waals surface area contributed by atoms with Crippen LogP contribution in [0.3, 0.4) is 0 Å². The molecule has 0 bridgehead atoms. The van der Waals surface area contributed by atoms with Crippen LogP contribution in [0.2, 0.25) is 0 Å². The average molecular weight is 179 g/mol. The summed E-state index contributed by atoms with van der Waals surface area (Å²) < 4.78 is 0. The zero-order chi connectivity index (χ0) is 9.42. The Morgan fingerprint density at radius 1 is 1.54 bits per heavy atom. The number of aromatic nitrogens is 3. The van der Waals surface area contributed by atoms with Crippen LogP contribution in [-0.4, -0.2) is 26.0 Å². The highest BCUT2D eigenvalue weighted by Gasteiger charge is 2.11. The average Bonchev–Trinajstić information content (AvgIpc) is 2.49. The number of carboxylic acid groups (broad SMARTS) is 1. The molecule has 0 atom stereocenters. The molecule has 13 heavy (non-hydrogen) atoms. The Hall–Kier alpha value is -2.11. The lowest BCUT2D eigenvalue weighted by Crippen LogP contribution is -2.09. The van der Waals surface area contributed by atoms with Crippen LogP contribution in [0.15, 0.2) is 17.2 Å². The lowest BCUT2D eigenvalue weighted by Gasteiger charge is -1.93. The Labute approximate surface area is 71.2 Å². The van der Waals surface area contributed by atoms with E-state index in [-0.39, 0.29) is 11.2 Å². The molecule has 2 heterocycles. The van der Waals surface area contributed by atoms with Crippen LogP contribution in [0.4, 0.5) is 0 Å². The van der Waals surface area contributed by atoms with Crippen molar-refractivity contribution in [2.24, 2.45) is 0 Å². The Morgan fingerprint density at radius 2 is 2.31 bits per heavy atom. The van der Waals surface area contributed by atoms with E-state index in [1.807, 2.05) is 0 Å². The number of nitrogens with zero attached hydrogens (tertiary/aromatic N) is 1. The second-order valence-corrected chi connectivity index (χ2v) is 2.48. The lowest BCUT2D eigenvalue weighted by atomic mass is 10.2. The van der Waals surface area contributed by atoms with Crippen molar-refractivity contribution < 1.29 is 9.90 Å². The smallest absolute Gasteiger partial charge is 0.338 e. The van der Waals surface area contributed by atoms with Crippen molar-refractivity contribution >= 4 is 17.1 Å². The summed E-state index contributed by atoms with van der Waals surface area (Å²) in [5.74, 6) is -1.15. The van der Waals surface area contributed by atoms with Gasteiger partial charge in [-0.05, 0) is 0 Å². The molecular weight excluding hydrogens is 174 g/mol. The normalized spacial score (nSPS) is 10.5. The molecule has 0 amide bonds. The molecule has 0 aliphatic carbocycles. The second kappa shape index (κ2) is 2.44. The number of hydrogen-bond acceptors (Lipinski definition) is 3. The summed E-state index contributed by atoms with van der Waals surface area (Å²) >= 11 is 0. The third kappa shape index (κ3) is 1.08. The molecule has 0 aliphatic rings. The van der Waals surface area contributed by atoms with E-state index in [9.17, 15) is 9.59 Å². The van der Waals surface area contributed by atoms with E-state index in [2.05, 4.69) is 15.0 Å². The first-order valence-corrected chi connectivity index (χ1v) is 3.48. The van der Waals surface area contributed by atoms with Gasteiger partial charge in [0, 0.05) is 6.07 Å². The Kier molecular flexibility index (Phi) is 1.42. The van der Waals surface area contributed by atoms with Crippen LogP contribution in [0, 0.1) is 0 Å². The predicted octanol–water partition coefficient (Wildman–Crippen LogP) is -0.0506. The zero-order valence-electron chi connectivity index (χ0n) is 6.37. The van der Waals surface area contributed by atoms with Gasteiger partial charge in [0.1, 0.15) is 0 Å². The number of carbonyl (C=O) groups is 1. The van der Waals surface area contributed by atoms with Crippen molar-refractivity contribution in [2.75, 3.05) is 0 Å². The number of H-pyrrole nitrogens is 2. The molecule has 0 saturated carbocycles. The van der Waals surface area contributed by atoms with Gasteiger partial charge in [-0.1, -0.05) is 0 Å². The van der Waals surface area contributed by atoms with Crippen LogP contribution in [0.1, 0.15) is 10.4 Å². The van der Waals surface area contributed by atoms with Gasteiger partial charge in [-0.25, -0.2) is 9.78 Å². The minimum atomic E-state index is -1.15. The van der Waals surface area contributed by atoms with Gasteiger partial charge in [-0.3, -0.25) is 4.79 Å². The molecule has 0 aromatic carbocycles. The van der Waals surface area contributed by atoms with Gasteiger partial charge in [0.05, 0.1) is 17.4 Å². The SMILES string of the molecule is O=C(O)c1cc(=O)[nH]c2nc[nH]c12. The molecule has 0 aliphatic heterocycles. The third-order valence-electron chi connectivity index (χ3n) is 1.66. The molecule has 0 radical (unpaired) electrons. The summed E-state index contributed by atoms with van der Waals surface area (Å²) in [5.41, 5.74) is 0.0326. The van der Waals surface area contributed by atoms with E-state index < -0.39 is 11.5 Å². The number of imidazole rings is 1. The monoisotopic (exact) mass is 179 g/mol. The van der Waals surface area contributed by atoms with Crippen molar-refractivity contribution in [3.8, 4) is 0 Å². The molecule has 2 aromatic heterocycles. The van der Waals surface area contributed by atoms with Crippen molar-refractivity contribution in [1.29, 1.82) is 0 Å². The van der Waals surface area contributed by atoms with Crippen LogP contribution >= 0.6 is 0 Å². The van der Waals surface area contributed by atoms with Gasteiger partial charge in [-0.15, -0.1) is 0 Å². The molecule has 66 valence electrons. The lowest BCUT2D eigenvalue weighted by molar-refractivity contribution is 0.0698. The van der Waals surface area contributed by atoms with Crippen LogP contribution in [0.25, 0.3) is 11.2 Å². The summed E-state index contributed by atoms with van der Waals surface area (Å²) in [7, 11) is 0. The summed E-state index contributed by atoms with van der Waals surface area (Å²) in [4.78, 5) is 30.4. The highest BCUT2D eigenvalue weighted by Crippen LogP contribution is 2.08. The van der Waals surface area contributed by atoms with E-state index in [1.54, 1.807) is 0 Å². The Bertz CT molecular complexity index is 525. The van der Waals surface area contributed by atoms with Crippen LogP contribution in [-0.2, 0) is 0 Å². The standard InChI is InChI=1S/C7H5N3O3/c11-4-1-3(7(12)13)5-6(10-4)9-2-8-5/h1-2H,(H,12,13)(H2,8,9,10,11). The van der Waals surface area contributed by atoms with Gasteiger partial charge in [0.25, 0.3) is 5.56 Å². The van der Waals surface area contributed by atoms with Gasteiger partial charge in [0.15, 0.2) is 5.65 Å². The van der Waals surface area contributed by atoms with E-state index >= 15 is 0 Å². The van der Waals surface area contributed by atoms with E-state index in [1.165, 1.54) is 6.33 Å². The molecular formula is C7H5N3O3. The highest BCUT2D eigenvalue weighted by molar-refractivity contribution is 5.99. The number of pyridine rings is 1. The van der Waals surface area contributed by atoms with Crippen molar-refractivity contribution in [3.05, 3.63) is 28.3 Å². The van der Waals surface area contributed by atoms with Crippen LogP contribution in [0.5, 0.6) is 0 Å². The summed E-state index contributed by atoms with van der Waals surface area (Å²) in [6.45, 7) is 0. The first-order valence-electron chi connectivity index (χ1n) is 3.48. The quantitative estimate of drug-likeness (QED) is 0.571. The Morgan fingerprint density at radius 3 is 3.00 bits per heavy atom. The fourth-order valence-electron chi connectivity index (χ4n) is 1.12. The van der Waals surface area contributed by atoms with Gasteiger partial charge in [0.2, 0.25) is 0 Å². The highest BCUT2D eigenvalue weighted by atomic mass is 16.4. The maximum atomic E-state index is 10.9. The summed E-state index contributed by atoms with van der Waals surface area (Å²) in [6.07, 6.45) is 1.33. The molecule has 2 aromatic rings. The minimum Gasteiger partial charge on any atom is -0.478 e. The van der Waals surface area contributed by atoms with Crippen molar-refractivity contribution in [2.45, 2.75) is 0 Å². The fourth-order valence-corrected chi connectivity index (χ4v) is 1.12. The van der Waals surface area contributed by atoms with Gasteiger partial charge in [-0.2, -0.15) is 0 Å². The second-order valence-electron chi connectivity index (χ2n) is 2.48. The van der Waals surface area contributed by atoms with Crippen molar-refractivity contribution in [1.82, 2.24) is 15.0 Å². The third-order valence-corrected chi connectivity index (χ3v) is 1.66. The molecule has 6 nitrogen and oxygen atoms in total. The van der Waals surface area contributed by atoms with Gasteiger partial charge >= 0.3 is 5.97 Å². The number of rotatable bonds is 1. The molecule has 3 N–H and O–H groups in total. The maximum Gasteiger partial charge on any atom is 0.338 e. The van der Waals surface area contributed by atoms with Gasteiger partial charge < -0.3 is 15.1 Å². The topological polar surface area (TPSA) is 98.8 Å². The first kappa shape index (κ1) is 7.53. The molecule has 6 heteroatoms. The molecule has 0 spiro atoms. The minimum absolute atomic E-state index is 0.0729. The number of fused-ring (bicyclic) bond motifs is 1. The maximum absolute atomic E-state index is 10.9. The summed E-state index contributed by atoms with van der Waals surface area (Å²) in [5, 5.41) is 8.73. The van der Waals surface area contributed by atoms with E-state index in [0.29, 0.717) is 5.52 Å². The number of hydrogen-bond donors (Lipinski definition) is 3. The Balaban J connectivity index is 2.93. The first-order chi connectivity index (χ1) is 6.18. The molecule has 2 rings (SSSR count). The molecule has 0 unspecified atom stereocenters. The number of aromatic amines is 2. The molecule has 0 saturated heterocycles. The summed E-state index contributed by atoms with van der Waals surface area (Å²) in [6, 6.07) is 1.02. The van der Waals surface area contributed by atoms with Crippen molar-refractivity contribution in [3.63, 3.8) is 0 Å². The number of aromatic carboxylic acids is 1. The predicted molar refractivity (Wildman–Crippen MR) is 43.7 cm³/mol. The zero-order valence-corrected chi connectivity index (χ0v) is 6.37. The largest absolute Gasteiger partial charge is 0.478 e. The van der Waals surface area contributed by atoms with E-state index in [4.69, 9.17) is 5.11 Å². The number of nitrogens with one attached hydrogen (secondary N) is 2. The van der Waals surface area contributed by atoms with Crippen LogP contribution < -0.4 is 5.56 Å². The fraction of sp³-hybridized carbons (Fsp3) is 0. The molecule has 0 fully saturated rings. The van der Waals surface area contributed by atoms with E-state index in [0.717, 1.165) is 6.07 Å².